The lowest BCUT2D eigenvalue weighted by Gasteiger charge is -2.15. The molecular formula is C12H13F3O3. The predicted molar refractivity (Wildman–Crippen MR) is 57.5 cm³/mol. The Morgan fingerprint density at radius 2 is 2.17 bits per heavy atom. The third-order valence-corrected chi connectivity index (χ3v) is 2.65. The molecule has 0 amide bonds. The van der Waals surface area contributed by atoms with E-state index in [2.05, 4.69) is 4.74 Å². The van der Waals surface area contributed by atoms with Crippen molar-refractivity contribution in [1.29, 1.82) is 0 Å². The molecule has 18 heavy (non-hydrogen) atoms. The minimum atomic E-state index is -4.38. The zero-order valence-electron chi connectivity index (χ0n) is 9.54. The van der Waals surface area contributed by atoms with Crippen LogP contribution in [0.4, 0.5) is 13.2 Å². The van der Waals surface area contributed by atoms with Gasteiger partial charge in [-0.1, -0.05) is 18.2 Å². The molecule has 1 heterocycles. The average Bonchev–Trinajstić information content (AvgIpc) is 2.74. The fraction of sp³-hybridized carbons (Fsp3) is 0.500. The molecule has 1 atom stereocenters. The van der Waals surface area contributed by atoms with Gasteiger partial charge in [-0.3, -0.25) is 0 Å². The Hall–Kier alpha value is -1.27. The summed E-state index contributed by atoms with van der Waals surface area (Å²) < 4.78 is 45.5. The van der Waals surface area contributed by atoms with Gasteiger partial charge in [0.25, 0.3) is 0 Å². The van der Waals surface area contributed by atoms with Gasteiger partial charge in [0, 0.05) is 12.0 Å². The molecular weight excluding hydrogens is 249 g/mol. The molecule has 6 heteroatoms. The number of aliphatic hydroxyl groups excluding tert-OH is 1. The first-order valence-corrected chi connectivity index (χ1v) is 5.54. The van der Waals surface area contributed by atoms with Crippen molar-refractivity contribution >= 4 is 0 Å². The molecule has 1 unspecified atom stereocenters. The Morgan fingerprint density at radius 3 is 2.89 bits per heavy atom. The van der Waals surface area contributed by atoms with E-state index < -0.39 is 25.5 Å². The number of hydrogen-bond donors (Lipinski definition) is 1. The molecule has 0 spiro atoms. The van der Waals surface area contributed by atoms with Crippen LogP contribution in [-0.2, 0) is 11.2 Å². The zero-order chi connectivity index (χ0) is 13.2. The molecule has 1 aliphatic heterocycles. The van der Waals surface area contributed by atoms with Gasteiger partial charge in [-0.2, -0.15) is 13.2 Å². The van der Waals surface area contributed by atoms with Gasteiger partial charge in [-0.25, -0.2) is 0 Å². The number of aliphatic hydroxyl groups is 1. The quantitative estimate of drug-likeness (QED) is 0.904. The highest BCUT2D eigenvalue weighted by atomic mass is 19.4. The van der Waals surface area contributed by atoms with Gasteiger partial charge in [-0.05, 0) is 5.56 Å². The molecule has 0 fully saturated rings. The van der Waals surface area contributed by atoms with Crippen LogP contribution in [0.2, 0.25) is 0 Å². The SMILES string of the molecule is OC(COCC(F)(F)F)c1cccc2c1OCC2. The van der Waals surface area contributed by atoms with E-state index in [1.807, 2.05) is 6.07 Å². The van der Waals surface area contributed by atoms with Crippen molar-refractivity contribution < 1.29 is 27.8 Å². The molecule has 0 aliphatic carbocycles. The topological polar surface area (TPSA) is 38.7 Å². The number of ether oxygens (including phenoxy) is 2. The Morgan fingerprint density at radius 1 is 1.39 bits per heavy atom. The van der Waals surface area contributed by atoms with E-state index in [-0.39, 0.29) is 0 Å². The minimum absolute atomic E-state index is 0.403. The van der Waals surface area contributed by atoms with Gasteiger partial charge in [0.1, 0.15) is 18.5 Å². The van der Waals surface area contributed by atoms with Gasteiger partial charge < -0.3 is 14.6 Å². The van der Waals surface area contributed by atoms with E-state index in [4.69, 9.17) is 4.74 Å². The molecule has 1 aromatic carbocycles. The molecule has 1 N–H and O–H groups in total. The van der Waals surface area contributed by atoms with Crippen LogP contribution in [0.3, 0.4) is 0 Å². The molecule has 1 aliphatic rings. The summed E-state index contributed by atoms with van der Waals surface area (Å²) in [5.41, 5.74) is 1.44. The molecule has 2 rings (SSSR count). The highest BCUT2D eigenvalue weighted by Crippen LogP contribution is 2.33. The van der Waals surface area contributed by atoms with Crippen LogP contribution in [0.5, 0.6) is 5.75 Å². The fourth-order valence-electron chi connectivity index (χ4n) is 1.88. The Balaban J connectivity index is 1.97. The maximum atomic E-state index is 11.9. The third-order valence-electron chi connectivity index (χ3n) is 2.65. The highest BCUT2D eigenvalue weighted by molar-refractivity contribution is 5.45. The minimum Gasteiger partial charge on any atom is -0.493 e. The van der Waals surface area contributed by atoms with E-state index >= 15 is 0 Å². The van der Waals surface area contributed by atoms with Gasteiger partial charge in [0.05, 0.1) is 13.2 Å². The van der Waals surface area contributed by atoms with Crippen LogP contribution in [0, 0.1) is 0 Å². The summed E-state index contributed by atoms with van der Waals surface area (Å²) in [6.07, 6.45) is -4.74. The van der Waals surface area contributed by atoms with Crippen molar-refractivity contribution in [3.05, 3.63) is 29.3 Å². The summed E-state index contributed by atoms with van der Waals surface area (Å²) in [5, 5.41) is 9.81. The fourth-order valence-corrected chi connectivity index (χ4v) is 1.88. The second kappa shape index (κ2) is 5.16. The summed E-state index contributed by atoms with van der Waals surface area (Å²) in [5.74, 6) is 0.570. The van der Waals surface area contributed by atoms with E-state index in [1.165, 1.54) is 0 Å². The van der Waals surface area contributed by atoms with Crippen molar-refractivity contribution in [2.75, 3.05) is 19.8 Å². The van der Waals surface area contributed by atoms with Gasteiger partial charge in [-0.15, -0.1) is 0 Å². The lowest BCUT2D eigenvalue weighted by Crippen LogP contribution is -2.19. The molecule has 0 saturated heterocycles. The lowest BCUT2D eigenvalue weighted by atomic mass is 10.0. The number of para-hydroxylation sites is 1. The first-order valence-electron chi connectivity index (χ1n) is 5.54. The number of halogens is 3. The van der Waals surface area contributed by atoms with Crippen LogP contribution < -0.4 is 4.74 Å². The van der Waals surface area contributed by atoms with E-state index in [0.29, 0.717) is 17.9 Å². The monoisotopic (exact) mass is 262 g/mol. The van der Waals surface area contributed by atoms with Crippen molar-refractivity contribution in [3.8, 4) is 5.75 Å². The molecule has 0 bridgehead atoms. The van der Waals surface area contributed by atoms with E-state index in [0.717, 1.165) is 12.0 Å². The summed E-state index contributed by atoms with van der Waals surface area (Å²) in [6.45, 7) is -1.23. The van der Waals surface area contributed by atoms with Crippen molar-refractivity contribution in [3.63, 3.8) is 0 Å². The molecule has 100 valence electrons. The van der Waals surface area contributed by atoms with Crippen LogP contribution in [0.1, 0.15) is 17.2 Å². The maximum Gasteiger partial charge on any atom is 0.411 e. The Kier molecular flexibility index (Phi) is 3.77. The molecule has 0 saturated carbocycles. The highest BCUT2D eigenvalue weighted by Gasteiger charge is 2.28. The predicted octanol–water partition coefficient (Wildman–Crippen LogP) is 2.23. The van der Waals surface area contributed by atoms with Crippen LogP contribution in [-0.4, -0.2) is 31.1 Å². The summed E-state index contributed by atoms with van der Waals surface area (Å²) in [7, 11) is 0. The zero-order valence-corrected chi connectivity index (χ0v) is 9.54. The van der Waals surface area contributed by atoms with Gasteiger partial charge in [0.2, 0.25) is 0 Å². The molecule has 0 aromatic heterocycles. The average molecular weight is 262 g/mol. The van der Waals surface area contributed by atoms with Crippen LogP contribution >= 0.6 is 0 Å². The Bertz CT molecular complexity index is 418. The first-order chi connectivity index (χ1) is 8.47. The second-order valence-electron chi connectivity index (χ2n) is 4.08. The summed E-state index contributed by atoms with van der Waals surface area (Å²) >= 11 is 0. The maximum absolute atomic E-state index is 11.9. The second-order valence-corrected chi connectivity index (χ2v) is 4.08. The van der Waals surface area contributed by atoms with Crippen LogP contribution in [0.15, 0.2) is 18.2 Å². The third kappa shape index (κ3) is 3.14. The van der Waals surface area contributed by atoms with E-state index in [1.54, 1.807) is 12.1 Å². The number of benzene rings is 1. The van der Waals surface area contributed by atoms with Gasteiger partial charge in [0.15, 0.2) is 0 Å². The summed E-state index contributed by atoms with van der Waals surface area (Å²) in [6, 6.07) is 5.25. The normalized spacial score (nSPS) is 16.2. The summed E-state index contributed by atoms with van der Waals surface area (Å²) in [4.78, 5) is 0. The molecule has 0 radical (unpaired) electrons. The first kappa shape index (κ1) is 13.2. The van der Waals surface area contributed by atoms with Gasteiger partial charge >= 0.3 is 6.18 Å². The molecule has 1 aromatic rings. The number of fused-ring (bicyclic) bond motifs is 1. The Labute approximate surface area is 102 Å². The molecule has 3 nitrogen and oxygen atoms in total. The number of rotatable bonds is 4. The number of alkyl halides is 3. The van der Waals surface area contributed by atoms with Crippen molar-refractivity contribution in [2.24, 2.45) is 0 Å². The van der Waals surface area contributed by atoms with Crippen LogP contribution in [0.25, 0.3) is 0 Å². The standard InChI is InChI=1S/C12H13F3O3/c13-12(14,15)7-17-6-10(16)9-3-1-2-8-4-5-18-11(8)9/h1-3,10,16H,4-7H2. The number of hydrogen-bond acceptors (Lipinski definition) is 3. The largest absolute Gasteiger partial charge is 0.493 e. The van der Waals surface area contributed by atoms with Crippen molar-refractivity contribution in [2.45, 2.75) is 18.7 Å². The van der Waals surface area contributed by atoms with E-state index in [9.17, 15) is 18.3 Å². The smallest absolute Gasteiger partial charge is 0.411 e. The van der Waals surface area contributed by atoms with Crippen molar-refractivity contribution in [1.82, 2.24) is 0 Å². The lowest BCUT2D eigenvalue weighted by molar-refractivity contribution is -0.179.